The van der Waals surface area contributed by atoms with E-state index in [0.29, 0.717) is 32.5 Å². The number of carbonyl (C=O) groups is 2. The van der Waals surface area contributed by atoms with E-state index < -0.39 is 0 Å². The SMILES string of the molecule is O=C(NCc1ccccc1CN1CCCCC1)C1CCN(C(=O)Nc2ccccc2)CC1. The summed E-state index contributed by atoms with van der Waals surface area (Å²) in [5.41, 5.74) is 3.30. The van der Waals surface area contributed by atoms with E-state index >= 15 is 0 Å². The van der Waals surface area contributed by atoms with Crippen LogP contribution in [0.15, 0.2) is 54.6 Å². The predicted molar refractivity (Wildman–Crippen MR) is 127 cm³/mol. The Morgan fingerprint density at radius 3 is 2.19 bits per heavy atom. The molecule has 6 nitrogen and oxygen atoms in total. The van der Waals surface area contributed by atoms with Gasteiger partial charge in [-0.25, -0.2) is 4.79 Å². The molecular weight excluding hydrogens is 400 g/mol. The molecule has 0 bridgehead atoms. The lowest BCUT2D eigenvalue weighted by molar-refractivity contribution is -0.126. The average molecular weight is 435 g/mol. The Morgan fingerprint density at radius 1 is 0.812 bits per heavy atom. The quantitative estimate of drug-likeness (QED) is 0.715. The minimum absolute atomic E-state index is 0.0370. The number of para-hydroxylation sites is 1. The van der Waals surface area contributed by atoms with Gasteiger partial charge < -0.3 is 15.5 Å². The largest absolute Gasteiger partial charge is 0.352 e. The van der Waals surface area contributed by atoms with Crippen LogP contribution in [-0.2, 0) is 17.9 Å². The molecule has 2 aromatic rings. The zero-order valence-electron chi connectivity index (χ0n) is 18.8. The lowest BCUT2D eigenvalue weighted by atomic mass is 9.96. The monoisotopic (exact) mass is 434 g/mol. The number of hydrogen-bond donors (Lipinski definition) is 2. The van der Waals surface area contributed by atoms with Crippen LogP contribution in [0.3, 0.4) is 0 Å². The molecule has 2 aliphatic heterocycles. The van der Waals surface area contributed by atoms with Crippen molar-refractivity contribution < 1.29 is 9.59 Å². The standard InChI is InChI=1S/C26H34N4O2/c31-25(21-13-17-30(18-14-21)26(32)28-24-11-3-1-4-12-24)27-19-22-9-5-6-10-23(22)20-29-15-7-2-8-16-29/h1,3-6,9-12,21H,2,7-8,13-20H2,(H,27,31)(H,28,32). The van der Waals surface area contributed by atoms with E-state index in [-0.39, 0.29) is 17.9 Å². The summed E-state index contributed by atoms with van der Waals surface area (Å²) in [4.78, 5) is 29.6. The summed E-state index contributed by atoms with van der Waals surface area (Å²) >= 11 is 0. The number of anilines is 1. The first-order chi connectivity index (χ1) is 15.7. The van der Waals surface area contributed by atoms with Gasteiger partial charge in [0.1, 0.15) is 0 Å². The smallest absolute Gasteiger partial charge is 0.321 e. The summed E-state index contributed by atoms with van der Waals surface area (Å²) in [5, 5.41) is 6.08. The Bertz CT molecular complexity index is 888. The fourth-order valence-corrected chi connectivity index (χ4v) is 4.64. The molecule has 0 radical (unpaired) electrons. The average Bonchev–Trinajstić information content (AvgIpc) is 2.84. The third-order valence-electron chi connectivity index (χ3n) is 6.59. The molecule has 0 aromatic heterocycles. The summed E-state index contributed by atoms with van der Waals surface area (Å²) in [6.45, 7) is 5.05. The van der Waals surface area contributed by atoms with E-state index in [1.807, 2.05) is 36.4 Å². The number of benzene rings is 2. The van der Waals surface area contributed by atoms with Crippen molar-refractivity contribution in [3.8, 4) is 0 Å². The van der Waals surface area contributed by atoms with Crippen LogP contribution in [-0.4, -0.2) is 47.9 Å². The van der Waals surface area contributed by atoms with E-state index in [2.05, 4.69) is 33.7 Å². The number of likely N-dealkylation sites (tertiary alicyclic amines) is 2. The Labute approximate surface area is 191 Å². The Balaban J connectivity index is 1.24. The second-order valence-electron chi connectivity index (χ2n) is 8.88. The highest BCUT2D eigenvalue weighted by molar-refractivity contribution is 5.89. The molecule has 32 heavy (non-hydrogen) atoms. The van der Waals surface area contributed by atoms with Gasteiger partial charge in [0.2, 0.25) is 5.91 Å². The number of carbonyl (C=O) groups excluding carboxylic acids is 2. The molecule has 0 atom stereocenters. The third kappa shape index (κ3) is 6.10. The molecule has 0 unspecified atom stereocenters. The number of rotatable bonds is 6. The Hall–Kier alpha value is -2.86. The van der Waals surface area contributed by atoms with Gasteiger partial charge in [0.25, 0.3) is 0 Å². The van der Waals surface area contributed by atoms with Gasteiger partial charge in [-0.05, 0) is 62.0 Å². The number of hydrogen-bond acceptors (Lipinski definition) is 3. The van der Waals surface area contributed by atoms with Crippen LogP contribution in [0.25, 0.3) is 0 Å². The van der Waals surface area contributed by atoms with E-state index in [1.165, 1.54) is 30.4 Å². The van der Waals surface area contributed by atoms with Crippen molar-refractivity contribution in [3.05, 3.63) is 65.7 Å². The molecule has 2 N–H and O–H groups in total. The van der Waals surface area contributed by atoms with Crippen molar-refractivity contribution in [3.63, 3.8) is 0 Å². The van der Waals surface area contributed by atoms with Gasteiger partial charge in [-0.15, -0.1) is 0 Å². The fourth-order valence-electron chi connectivity index (χ4n) is 4.64. The summed E-state index contributed by atoms with van der Waals surface area (Å²) in [6, 6.07) is 17.8. The molecule has 2 fully saturated rings. The Morgan fingerprint density at radius 2 is 1.47 bits per heavy atom. The van der Waals surface area contributed by atoms with Gasteiger partial charge >= 0.3 is 6.03 Å². The lowest BCUT2D eigenvalue weighted by Gasteiger charge is -2.31. The van der Waals surface area contributed by atoms with Crippen LogP contribution in [0.5, 0.6) is 0 Å². The van der Waals surface area contributed by atoms with Crippen molar-refractivity contribution in [2.45, 2.75) is 45.2 Å². The summed E-state index contributed by atoms with van der Waals surface area (Å²) < 4.78 is 0. The summed E-state index contributed by atoms with van der Waals surface area (Å²) in [6.07, 6.45) is 5.29. The maximum absolute atomic E-state index is 12.8. The van der Waals surface area contributed by atoms with E-state index in [0.717, 1.165) is 25.3 Å². The molecule has 0 aliphatic carbocycles. The van der Waals surface area contributed by atoms with Crippen LogP contribution in [0.1, 0.15) is 43.2 Å². The van der Waals surface area contributed by atoms with Crippen LogP contribution in [0, 0.1) is 5.92 Å². The highest BCUT2D eigenvalue weighted by atomic mass is 16.2. The number of urea groups is 1. The van der Waals surface area contributed by atoms with E-state index in [1.54, 1.807) is 4.90 Å². The molecule has 2 aliphatic rings. The second kappa shape index (κ2) is 11.1. The highest BCUT2D eigenvalue weighted by Crippen LogP contribution is 2.20. The summed E-state index contributed by atoms with van der Waals surface area (Å²) in [7, 11) is 0. The second-order valence-corrected chi connectivity index (χ2v) is 8.88. The van der Waals surface area contributed by atoms with E-state index in [9.17, 15) is 9.59 Å². The van der Waals surface area contributed by atoms with Crippen LogP contribution < -0.4 is 10.6 Å². The maximum Gasteiger partial charge on any atom is 0.321 e. The lowest BCUT2D eigenvalue weighted by Crippen LogP contribution is -2.44. The normalized spacial score (nSPS) is 17.7. The van der Waals surface area contributed by atoms with Crippen molar-refractivity contribution in [1.29, 1.82) is 0 Å². The first-order valence-corrected chi connectivity index (χ1v) is 11.9. The predicted octanol–water partition coefficient (Wildman–Crippen LogP) is 4.23. The van der Waals surface area contributed by atoms with Crippen LogP contribution in [0.2, 0.25) is 0 Å². The molecule has 0 saturated carbocycles. The van der Waals surface area contributed by atoms with Crippen LogP contribution in [0.4, 0.5) is 10.5 Å². The number of piperidine rings is 2. The first kappa shape index (κ1) is 22.3. The zero-order valence-corrected chi connectivity index (χ0v) is 18.8. The number of nitrogens with zero attached hydrogens (tertiary/aromatic N) is 2. The minimum Gasteiger partial charge on any atom is -0.352 e. The molecule has 170 valence electrons. The zero-order chi connectivity index (χ0) is 22.2. The van der Waals surface area contributed by atoms with Gasteiger partial charge in [-0.1, -0.05) is 48.9 Å². The van der Waals surface area contributed by atoms with Crippen LogP contribution >= 0.6 is 0 Å². The number of amides is 3. The maximum atomic E-state index is 12.8. The molecule has 2 aromatic carbocycles. The first-order valence-electron chi connectivity index (χ1n) is 11.9. The van der Waals surface area contributed by atoms with Crippen molar-refractivity contribution in [1.82, 2.24) is 15.1 Å². The molecule has 2 heterocycles. The van der Waals surface area contributed by atoms with Gasteiger partial charge in [0, 0.05) is 37.8 Å². The molecule has 4 rings (SSSR count). The topological polar surface area (TPSA) is 64.7 Å². The van der Waals surface area contributed by atoms with Gasteiger partial charge in [-0.3, -0.25) is 9.69 Å². The molecule has 6 heteroatoms. The van der Waals surface area contributed by atoms with Gasteiger partial charge in [0.05, 0.1) is 0 Å². The van der Waals surface area contributed by atoms with Crippen molar-refractivity contribution >= 4 is 17.6 Å². The van der Waals surface area contributed by atoms with Gasteiger partial charge in [0.15, 0.2) is 0 Å². The van der Waals surface area contributed by atoms with Crippen molar-refractivity contribution in [2.75, 3.05) is 31.5 Å². The van der Waals surface area contributed by atoms with E-state index in [4.69, 9.17) is 0 Å². The minimum atomic E-state index is -0.0956. The Kier molecular flexibility index (Phi) is 7.77. The molecule has 2 saturated heterocycles. The highest BCUT2D eigenvalue weighted by Gasteiger charge is 2.27. The third-order valence-corrected chi connectivity index (χ3v) is 6.59. The van der Waals surface area contributed by atoms with Gasteiger partial charge in [-0.2, -0.15) is 0 Å². The molecule has 3 amide bonds. The molecular formula is C26H34N4O2. The summed E-state index contributed by atoms with van der Waals surface area (Å²) in [5.74, 6) is 0.0610. The fraction of sp³-hybridized carbons (Fsp3) is 0.462. The van der Waals surface area contributed by atoms with Crippen molar-refractivity contribution in [2.24, 2.45) is 5.92 Å². The molecule has 0 spiro atoms. The number of nitrogens with one attached hydrogen (secondary N) is 2.